The second kappa shape index (κ2) is 6.21. The molecule has 4 nitrogen and oxygen atoms in total. The van der Waals surface area contributed by atoms with E-state index in [2.05, 4.69) is 10.6 Å². The topological polar surface area (TPSA) is 61.4 Å². The molecule has 3 N–H and O–H groups in total. The first-order valence-electron chi connectivity index (χ1n) is 6.22. The number of amides is 1. The van der Waals surface area contributed by atoms with E-state index in [0.717, 1.165) is 19.3 Å². The highest BCUT2D eigenvalue weighted by Gasteiger charge is 2.28. The highest BCUT2D eigenvalue weighted by molar-refractivity contribution is 5.81. The second-order valence-electron chi connectivity index (χ2n) is 5.03. The highest BCUT2D eigenvalue weighted by atomic mass is 16.3. The van der Waals surface area contributed by atoms with Gasteiger partial charge in [0.15, 0.2) is 0 Å². The molecule has 0 aromatic rings. The number of nitrogens with one attached hydrogen (secondary N) is 2. The van der Waals surface area contributed by atoms with Crippen molar-refractivity contribution in [1.29, 1.82) is 0 Å². The summed E-state index contributed by atoms with van der Waals surface area (Å²) in [6, 6.07) is 0.284. The van der Waals surface area contributed by atoms with E-state index in [1.165, 1.54) is 0 Å². The predicted molar refractivity (Wildman–Crippen MR) is 64.1 cm³/mol. The van der Waals surface area contributed by atoms with Gasteiger partial charge in [0.1, 0.15) is 0 Å². The molecule has 1 rings (SSSR count). The fourth-order valence-electron chi connectivity index (χ4n) is 2.28. The van der Waals surface area contributed by atoms with E-state index < -0.39 is 0 Å². The molecule has 16 heavy (non-hydrogen) atoms. The largest absolute Gasteiger partial charge is 0.396 e. The lowest BCUT2D eigenvalue weighted by atomic mass is 10.0. The third kappa shape index (κ3) is 3.76. The van der Waals surface area contributed by atoms with Gasteiger partial charge in [0.05, 0.1) is 6.04 Å². The highest BCUT2D eigenvalue weighted by Crippen LogP contribution is 2.25. The molecule has 94 valence electrons. The molecule has 1 aliphatic carbocycles. The molecule has 3 unspecified atom stereocenters. The van der Waals surface area contributed by atoms with Gasteiger partial charge >= 0.3 is 0 Å². The number of carbonyl (C=O) groups is 1. The number of carbonyl (C=O) groups excluding carboxylic acids is 1. The maximum atomic E-state index is 11.7. The molecule has 1 saturated carbocycles. The first-order valence-corrected chi connectivity index (χ1v) is 6.22. The number of hydrogen-bond acceptors (Lipinski definition) is 3. The van der Waals surface area contributed by atoms with E-state index in [0.29, 0.717) is 5.92 Å². The molecule has 0 aliphatic heterocycles. The second-order valence-corrected chi connectivity index (χ2v) is 5.03. The summed E-state index contributed by atoms with van der Waals surface area (Å²) in [6.45, 7) is 6.01. The quantitative estimate of drug-likeness (QED) is 0.647. The smallest absolute Gasteiger partial charge is 0.237 e. The molecule has 0 bridgehead atoms. The van der Waals surface area contributed by atoms with Gasteiger partial charge in [-0.1, -0.05) is 6.42 Å². The minimum absolute atomic E-state index is 0.0404. The van der Waals surface area contributed by atoms with Crippen molar-refractivity contribution < 1.29 is 9.90 Å². The van der Waals surface area contributed by atoms with Crippen LogP contribution in [0.2, 0.25) is 0 Å². The van der Waals surface area contributed by atoms with Gasteiger partial charge < -0.3 is 15.7 Å². The van der Waals surface area contributed by atoms with Crippen molar-refractivity contribution in [2.75, 3.05) is 6.61 Å². The summed E-state index contributed by atoms with van der Waals surface area (Å²) in [5.74, 6) is 0.355. The number of aliphatic hydroxyl groups is 1. The minimum atomic E-state index is -0.181. The first-order chi connectivity index (χ1) is 7.54. The Morgan fingerprint density at radius 3 is 2.62 bits per heavy atom. The van der Waals surface area contributed by atoms with E-state index >= 15 is 0 Å². The van der Waals surface area contributed by atoms with Crippen molar-refractivity contribution in [3.05, 3.63) is 0 Å². The monoisotopic (exact) mass is 228 g/mol. The van der Waals surface area contributed by atoms with Crippen LogP contribution in [0, 0.1) is 5.92 Å². The van der Waals surface area contributed by atoms with E-state index in [4.69, 9.17) is 0 Å². The number of hydrogen-bond donors (Lipinski definition) is 3. The minimum Gasteiger partial charge on any atom is -0.396 e. The van der Waals surface area contributed by atoms with Crippen LogP contribution >= 0.6 is 0 Å². The van der Waals surface area contributed by atoms with Crippen LogP contribution in [-0.4, -0.2) is 35.7 Å². The Labute approximate surface area is 97.8 Å². The molecule has 4 heteroatoms. The normalized spacial score (nSPS) is 27.1. The molecule has 1 amide bonds. The molecule has 0 heterocycles. The Hall–Kier alpha value is -0.610. The summed E-state index contributed by atoms with van der Waals surface area (Å²) in [5.41, 5.74) is 0. The summed E-state index contributed by atoms with van der Waals surface area (Å²) < 4.78 is 0. The number of aliphatic hydroxyl groups excluding tert-OH is 1. The lowest BCUT2D eigenvalue weighted by molar-refractivity contribution is -0.123. The van der Waals surface area contributed by atoms with Crippen LogP contribution in [0.4, 0.5) is 0 Å². The van der Waals surface area contributed by atoms with Crippen molar-refractivity contribution in [2.45, 2.75) is 58.2 Å². The summed E-state index contributed by atoms with van der Waals surface area (Å²) >= 11 is 0. The van der Waals surface area contributed by atoms with Gasteiger partial charge in [0.2, 0.25) is 5.91 Å². The first kappa shape index (κ1) is 13.5. The molecule has 0 aromatic carbocycles. The van der Waals surface area contributed by atoms with Crippen molar-refractivity contribution in [3.63, 3.8) is 0 Å². The Bertz CT molecular complexity index is 231. The van der Waals surface area contributed by atoms with Crippen molar-refractivity contribution in [3.8, 4) is 0 Å². The zero-order chi connectivity index (χ0) is 12.1. The third-order valence-corrected chi connectivity index (χ3v) is 3.18. The summed E-state index contributed by atoms with van der Waals surface area (Å²) in [6.07, 6.45) is 3.26. The van der Waals surface area contributed by atoms with Gasteiger partial charge in [-0.15, -0.1) is 0 Å². The van der Waals surface area contributed by atoms with Gasteiger partial charge in [-0.25, -0.2) is 0 Å². The SMILES string of the molecule is CC(C)NC(=O)C(C)NC1CCCC1CO. The van der Waals surface area contributed by atoms with Crippen LogP contribution in [0.25, 0.3) is 0 Å². The fraction of sp³-hybridized carbons (Fsp3) is 0.917. The summed E-state index contributed by atoms with van der Waals surface area (Å²) in [7, 11) is 0. The molecular formula is C12H24N2O2. The summed E-state index contributed by atoms with van der Waals surface area (Å²) in [5, 5.41) is 15.4. The lowest BCUT2D eigenvalue weighted by Crippen LogP contribution is -2.49. The average Bonchev–Trinajstić information content (AvgIpc) is 2.64. The molecule has 3 atom stereocenters. The Kier molecular flexibility index (Phi) is 5.22. The van der Waals surface area contributed by atoms with Crippen LogP contribution in [-0.2, 0) is 4.79 Å². The Morgan fingerprint density at radius 2 is 2.06 bits per heavy atom. The zero-order valence-electron chi connectivity index (χ0n) is 10.5. The van der Waals surface area contributed by atoms with Crippen molar-refractivity contribution >= 4 is 5.91 Å². The van der Waals surface area contributed by atoms with Crippen LogP contribution < -0.4 is 10.6 Å². The Balaban J connectivity index is 2.38. The number of rotatable bonds is 5. The van der Waals surface area contributed by atoms with Crippen LogP contribution in [0.3, 0.4) is 0 Å². The Morgan fingerprint density at radius 1 is 1.38 bits per heavy atom. The molecule has 0 aromatic heterocycles. The van der Waals surface area contributed by atoms with E-state index in [1.807, 2.05) is 20.8 Å². The standard InChI is InChI=1S/C12H24N2O2/c1-8(2)13-12(16)9(3)14-11-6-4-5-10(11)7-15/h8-11,14-15H,4-7H2,1-3H3,(H,13,16). The van der Waals surface area contributed by atoms with Gasteiger partial charge in [-0.05, 0) is 39.5 Å². The molecule has 1 aliphatic rings. The van der Waals surface area contributed by atoms with E-state index in [9.17, 15) is 9.90 Å². The van der Waals surface area contributed by atoms with E-state index in [-0.39, 0.29) is 30.6 Å². The van der Waals surface area contributed by atoms with Crippen molar-refractivity contribution in [1.82, 2.24) is 10.6 Å². The van der Waals surface area contributed by atoms with Gasteiger partial charge in [0, 0.05) is 18.7 Å². The van der Waals surface area contributed by atoms with E-state index in [1.54, 1.807) is 0 Å². The lowest BCUT2D eigenvalue weighted by Gasteiger charge is -2.24. The van der Waals surface area contributed by atoms with Gasteiger partial charge in [0.25, 0.3) is 0 Å². The molecule has 0 radical (unpaired) electrons. The van der Waals surface area contributed by atoms with Crippen LogP contribution in [0.1, 0.15) is 40.0 Å². The predicted octanol–water partition coefficient (Wildman–Crippen LogP) is 0.650. The van der Waals surface area contributed by atoms with Crippen LogP contribution in [0.15, 0.2) is 0 Å². The van der Waals surface area contributed by atoms with Gasteiger partial charge in [-0.2, -0.15) is 0 Å². The van der Waals surface area contributed by atoms with Crippen molar-refractivity contribution in [2.24, 2.45) is 5.92 Å². The molecule has 0 saturated heterocycles. The maximum Gasteiger partial charge on any atom is 0.237 e. The molecule has 0 spiro atoms. The maximum absolute atomic E-state index is 11.7. The fourth-order valence-corrected chi connectivity index (χ4v) is 2.28. The van der Waals surface area contributed by atoms with Gasteiger partial charge in [-0.3, -0.25) is 4.79 Å². The summed E-state index contributed by atoms with van der Waals surface area (Å²) in [4.78, 5) is 11.7. The molecular weight excluding hydrogens is 204 g/mol. The average molecular weight is 228 g/mol. The van der Waals surface area contributed by atoms with Crippen LogP contribution in [0.5, 0.6) is 0 Å². The third-order valence-electron chi connectivity index (χ3n) is 3.18. The molecule has 1 fully saturated rings. The zero-order valence-corrected chi connectivity index (χ0v) is 10.5.